The van der Waals surface area contributed by atoms with Crippen LogP contribution in [0, 0.1) is 0 Å². The van der Waals surface area contributed by atoms with Gasteiger partial charge in [0.15, 0.2) is 0 Å². The Bertz CT molecular complexity index is 637. The summed E-state index contributed by atoms with van der Waals surface area (Å²) in [6.45, 7) is 0. The third kappa shape index (κ3) is 3.15. The first-order valence-electron chi connectivity index (χ1n) is 5.39. The number of nitrogens with zero attached hydrogens (tertiary/aromatic N) is 2. The Morgan fingerprint density at radius 1 is 1.16 bits per heavy atom. The van der Waals surface area contributed by atoms with Crippen molar-refractivity contribution in [1.82, 2.24) is 9.97 Å². The van der Waals surface area contributed by atoms with Crippen LogP contribution >= 0.6 is 35.3 Å². The molecule has 0 spiro atoms. The predicted octanol–water partition coefficient (Wildman–Crippen LogP) is 4.64. The lowest BCUT2D eigenvalue weighted by Crippen LogP contribution is -1.83. The molecular formula is C13H10Cl2N2OS. The van der Waals surface area contributed by atoms with E-state index in [9.17, 15) is 0 Å². The van der Waals surface area contributed by atoms with E-state index in [-0.39, 0.29) is 12.4 Å². The summed E-state index contributed by atoms with van der Waals surface area (Å²) in [5.74, 6) is 1.26. The van der Waals surface area contributed by atoms with Crippen molar-refractivity contribution >= 4 is 45.7 Å². The molecule has 0 amide bonds. The number of benzene rings is 1. The summed E-state index contributed by atoms with van der Waals surface area (Å²) in [7, 11) is 0. The third-order valence-corrected chi connectivity index (χ3v) is 3.60. The van der Waals surface area contributed by atoms with E-state index in [1.807, 2.05) is 36.4 Å². The monoisotopic (exact) mass is 312 g/mol. The van der Waals surface area contributed by atoms with Gasteiger partial charge in [-0.1, -0.05) is 23.5 Å². The van der Waals surface area contributed by atoms with E-state index in [1.54, 1.807) is 6.20 Å². The summed E-state index contributed by atoms with van der Waals surface area (Å²) < 4.78 is 5.69. The minimum atomic E-state index is 0. The van der Waals surface area contributed by atoms with Gasteiger partial charge in [-0.15, -0.1) is 24.0 Å². The van der Waals surface area contributed by atoms with Crippen LogP contribution in [0.15, 0.2) is 42.6 Å². The van der Waals surface area contributed by atoms with Gasteiger partial charge in [0, 0.05) is 12.1 Å². The minimum absolute atomic E-state index is 0. The zero-order valence-electron chi connectivity index (χ0n) is 9.75. The van der Waals surface area contributed by atoms with Crippen LogP contribution in [0.2, 0.25) is 0 Å². The highest BCUT2D eigenvalue weighted by atomic mass is 35.5. The second-order valence-electron chi connectivity index (χ2n) is 3.69. The molecule has 0 unspecified atom stereocenters. The lowest BCUT2D eigenvalue weighted by Gasteiger charge is -2.01. The van der Waals surface area contributed by atoms with Gasteiger partial charge in [0.1, 0.15) is 16.1 Å². The van der Waals surface area contributed by atoms with Gasteiger partial charge in [0.2, 0.25) is 0 Å². The molecule has 0 N–H and O–H groups in total. The molecule has 3 nitrogen and oxygen atoms in total. The van der Waals surface area contributed by atoms with E-state index in [0.29, 0.717) is 11.1 Å². The fourth-order valence-electron chi connectivity index (χ4n) is 1.54. The van der Waals surface area contributed by atoms with Crippen LogP contribution in [0.4, 0.5) is 0 Å². The second kappa shape index (κ2) is 6.19. The standard InChI is InChI=1S/C13H9ClN2OS.ClH/c14-8-9-3-5-10(6-4-9)17-13-16-11-2-1-7-15-12(11)18-13;/h1-7H,8H2;1H. The number of hydrogen-bond acceptors (Lipinski definition) is 4. The molecule has 3 aromatic rings. The maximum atomic E-state index is 5.73. The summed E-state index contributed by atoms with van der Waals surface area (Å²) in [5.41, 5.74) is 1.92. The molecule has 2 heterocycles. The number of thiazole rings is 1. The van der Waals surface area contributed by atoms with Gasteiger partial charge >= 0.3 is 0 Å². The van der Waals surface area contributed by atoms with E-state index < -0.39 is 0 Å². The van der Waals surface area contributed by atoms with Gasteiger partial charge in [0.25, 0.3) is 5.19 Å². The normalized spacial score (nSPS) is 10.2. The maximum Gasteiger partial charge on any atom is 0.281 e. The number of fused-ring (bicyclic) bond motifs is 1. The molecule has 1 aromatic carbocycles. The van der Waals surface area contributed by atoms with Gasteiger partial charge in [0.05, 0.1) is 0 Å². The molecule has 6 heteroatoms. The van der Waals surface area contributed by atoms with Gasteiger partial charge in [-0.3, -0.25) is 0 Å². The number of rotatable bonds is 3. The van der Waals surface area contributed by atoms with Gasteiger partial charge in [-0.2, -0.15) is 0 Å². The molecule has 0 saturated heterocycles. The van der Waals surface area contributed by atoms with Crippen LogP contribution in [0.25, 0.3) is 10.3 Å². The largest absolute Gasteiger partial charge is 0.431 e. The summed E-state index contributed by atoms with van der Waals surface area (Å²) in [4.78, 5) is 9.47. The Balaban J connectivity index is 0.00000133. The van der Waals surface area contributed by atoms with E-state index in [2.05, 4.69) is 9.97 Å². The summed E-state index contributed by atoms with van der Waals surface area (Å²) in [6.07, 6.45) is 1.75. The molecule has 0 radical (unpaired) electrons. The highest BCUT2D eigenvalue weighted by Crippen LogP contribution is 2.29. The average Bonchev–Trinajstić information content (AvgIpc) is 2.82. The number of halogens is 2. The Morgan fingerprint density at radius 3 is 2.63 bits per heavy atom. The molecule has 0 bridgehead atoms. The highest BCUT2D eigenvalue weighted by molar-refractivity contribution is 7.19. The third-order valence-electron chi connectivity index (χ3n) is 2.43. The fourth-order valence-corrected chi connectivity index (χ4v) is 2.50. The van der Waals surface area contributed by atoms with Gasteiger partial charge in [-0.25, -0.2) is 9.97 Å². The molecular weight excluding hydrogens is 303 g/mol. The van der Waals surface area contributed by atoms with Crippen LogP contribution < -0.4 is 4.74 Å². The maximum absolute atomic E-state index is 5.73. The van der Waals surface area contributed by atoms with Gasteiger partial charge in [-0.05, 0) is 29.8 Å². The first-order chi connectivity index (χ1) is 8.85. The number of ether oxygens (including phenoxy) is 1. The van der Waals surface area contributed by atoms with Crippen molar-refractivity contribution < 1.29 is 4.74 Å². The van der Waals surface area contributed by atoms with E-state index >= 15 is 0 Å². The average molecular weight is 313 g/mol. The minimum Gasteiger partial charge on any atom is -0.431 e. The summed E-state index contributed by atoms with van der Waals surface area (Å²) in [6, 6.07) is 11.4. The topological polar surface area (TPSA) is 35.0 Å². The van der Waals surface area contributed by atoms with Gasteiger partial charge < -0.3 is 4.74 Å². The molecule has 0 aliphatic carbocycles. The van der Waals surface area contributed by atoms with Crippen molar-refractivity contribution in [3.8, 4) is 10.9 Å². The molecule has 3 rings (SSSR count). The number of pyridine rings is 1. The van der Waals surface area contributed by atoms with E-state index in [4.69, 9.17) is 16.3 Å². The van der Waals surface area contributed by atoms with Crippen LogP contribution in [0.1, 0.15) is 5.56 Å². The van der Waals surface area contributed by atoms with Crippen LogP contribution in [0.3, 0.4) is 0 Å². The van der Waals surface area contributed by atoms with Crippen LogP contribution in [0.5, 0.6) is 10.9 Å². The second-order valence-corrected chi connectivity index (χ2v) is 4.89. The molecule has 98 valence electrons. The molecule has 2 aromatic heterocycles. The Hall–Kier alpha value is -1.36. The number of alkyl halides is 1. The smallest absolute Gasteiger partial charge is 0.281 e. The quantitative estimate of drug-likeness (QED) is 0.661. The Labute approximate surface area is 125 Å². The first kappa shape index (κ1) is 14.1. The summed E-state index contributed by atoms with van der Waals surface area (Å²) >= 11 is 7.17. The highest BCUT2D eigenvalue weighted by Gasteiger charge is 2.06. The molecule has 0 saturated carbocycles. The van der Waals surface area contributed by atoms with Crippen molar-refractivity contribution in [2.75, 3.05) is 0 Å². The molecule has 0 atom stereocenters. The Kier molecular flexibility index (Phi) is 4.58. The van der Waals surface area contributed by atoms with Crippen molar-refractivity contribution in [3.05, 3.63) is 48.2 Å². The fraction of sp³-hybridized carbons (Fsp3) is 0.0769. The molecule has 0 aliphatic rings. The van der Waals surface area contributed by atoms with E-state index in [0.717, 1.165) is 21.7 Å². The van der Waals surface area contributed by atoms with Crippen molar-refractivity contribution in [1.29, 1.82) is 0 Å². The summed E-state index contributed by atoms with van der Waals surface area (Å²) in [5, 5.41) is 0.599. The SMILES string of the molecule is Cl.ClCc1ccc(Oc2nc3cccnc3s2)cc1. The molecule has 19 heavy (non-hydrogen) atoms. The van der Waals surface area contributed by atoms with E-state index in [1.165, 1.54) is 11.3 Å². The van der Waals surface area contributed by atoms with Crippen molar-refractivity contribution in [2.45, 2.75) is 5.88 Å². The van der Waals surface area contributed by atoms with Crippen LogP contribution in [-0.2, 0) is 5.88 Å². The number of aromatic nitrogens is 2. The lowest BCUT2D eigenvalue weighted by atomic mass is 10.2. The van der Waals surface area contributed by atoms with Crippen molar-refractivity contribution in [2.24, 2.45) is 0 Å². The van der Waals surface area contributed by atoms with Crippen molar-refractivity contribution in [3.63, 3.8) is 0 Å². The van der Waals surface area contributed by atoms with Crippen LogP contribution in [-0.4, -0.2) is 9.97 Å². The predicted molar refractivity (Wildman–Crippen MR) is 80.7 cm³/mol. The molecule has 0 aliphatic heterocycles. The number of hydrogen-bond donors (Lipinski definition) is 0. The first-order valence-corrected chi connectivity index (χ1v) is 6.74. The zero-order chi connectivity index (χ0) is 12.4. The Morgan fingerprint density at radius 2 is 1.95 bits per heavy atom. The molecule has 0 fully saturated rings. The zero-order valence-corrected chi connectivity index (χ0v) is 12.1. The lowest BCUT2D eigenvalue weighted by molar-refractivity contribution is 0.480.